The number of hydrogen-bond acceptors (Lipinski definition) is 3. The molecular weight excluding hydrogens is 297 g/mol. The van der Waals surface area contributed by atoms with Crippen molar-refractivity contribution < 1.29 is 0 Å². The summed E-state index contributed by atoms with van der Waals surface area (Å²) in [4.78, 5) is 18.6. The summed E-state index contributed by atoms with van der Waals surface area (Å²) < 4.78 is 0. The number of aromatic amines is 1. The van der Waals surface area contributed by atoms with Gasteiger partial charge in [-0.25, -0.2) is 4.79 Å². The summed E-state index contributed by atoms with van der Waals surface area (Å²) in [5, 5.41) is 4.12. The Balaban J connectivity index is 2.25. The second kappa shape index (κ2) is 5.46. The quantitative estimate of drug-likeness (QED) is 0.847. The third-order valence-electron chi connectivity index (χ3n) is 3.40. The summed E-state index contributed by atoms with van der Waals surface area (Å²) in [5.74, 6) is 0.650. The van der Waals surface area contributed by atoms with E-state index in [2.05, 4.69) is 15.3 Å². The second-order valence-corrected chi connectivity index (χ2v) is 5.51. The predicted molar refractivity (Wildman–Crippen MR) is 81.7 cm³/mol. The molecule has 3 rings (SSSR count). The molecule has 0 saturated heterocycles. The van der Waals surface area contributed by atoms with Gasteiger partial charge in [0.1, 0.15) is 5.82 Å². The largest absolute Gasteiger partial charge is 0.370 e. The number of nitrogens with one attached hydrogen (secondary N) is 2. The molecule has 1 aliphatic rings. The number of fused-ring (bicyclic) bond motifs is 1. The minimum Gasteiger partial charge on any atom is -0.370 e. The minimum atomic E-state index is -0.385. The fourth-order valence-electron chi connectivity index (χ4n) is 2.45. The van der Waals surface area contributed by atoms with E-state index in [0.717, 1.165) is 36.9 Å². The summed E-state index contributed by atoms with van der Waals surface area (Å²) in [6.07, 6.45) is 2.94. The maximum Gasteiger partial charge on any atom is 0.347 e. The van der Waals surface area contributed by atoms with Crippen molar-refractivity contribution in [2.75, 3.05) is 11.9 Å². The van der Waals surface area contributed by atoms with Crippen molar-refractivity contribution in [2.45, 2.75) is 19.3 Å². The van der Waals surface area contributed by atoms with E-state index in [1.165, 1.54) is 0 Å². The molecule has 0 fully saturated rings. The molecule has 20 heavy (non-hydrogen) atoms. The molecule has 0 bridgehead atoms. The van der Waals surface area contributed by atoms with Gasteiger partial charge < -0.3 is 10.3 Å². The first-order chi connectivity index (χ1) is 9.66. The van der Waals surface area contributed by atoms with Gasteiger partial charge in [-0.2, -0.15) is 4.98 Å². The number of hydrogen-bond donors (Lipinski definition) is 2. The SMILES string of the molecule is O=c1nc2c(c(-c3cccc(Cl)c3Cl)[nH]1)CCCCN2. The lowest BCUT2D eigenvalue weighted by atomic mass is 10.0. The molecule has 6 heteroatoms. The minimum absolute atomic E-state index is 0.385. The van der Waals surface area contributed by atoms with Crippen LogP contribution in [-0.4, -0.2) is 16.5 Å². The van der Waals surface area contributed by atoms with Crippen molar-refractivity contribution in [3.63, 3.8) is 0 Å². The van der Waals surface area contributed by atoms with Crippen LogP contribution in [0.3, 0.4) is 0 Å². The summed E-state index contributed by atoms with van der Waals surface area (Å²) in [7, 11) is 0. The zero-order valence-electron chi connectivity index (χ0n) is 10.7. The first-order valence-electron chi connectivity index (χ1n) is 6.48. The van der Waals surface area contributed by atoms with Gasteiger partial charge in [0.15, 0.2) is 0 Å². The van der Waals surface area contributed by atoms with Crippen LogP contribution in [0.1, 0.15) is 18.4 Å². The molecule has 2 aromatic rings. The van der Waals surface area contributed by atoms with Gasteiger partial charge in [0.2, 0.25) is 0 Å². The van der Waals surface area contributed by atoms with Crippen LogP contribution in [0.5, 0.6) is 0 Å². The Kier molecular flexibility index (Phi) is 3.68. The van der Waals surface area contributed by atoms with Gasteiger partial charge >= 0.3 is 5.69 Å². The van der Waals surface area contributed by atoms with Gasteiger partial charge in [-0.3, -0.25) is 0 Å². The van der Waals surface area contributed by atoms with Crippen LogP contribution in [0, 0.1) is 0 Å². The topological polar surface area (TPSA) is 57.8 Å². The molecule has 104 valence electrons. The molecule has 0 spiro atoms. The molecule has 1 aromatic heterocycles. The lowest BCUT2D eigenvalue weighted by molar-refractivity contribution is 0.785. The Hall–Kier alpha value is -1.52. The van der Waals surface area contributed by atoms with Crippen LogP contribution in [0.25, 0.3) is 11.3 Å². The Bertz CT molecular complexity index is 712. The van der Waals surface area contributed by atoms with Crippen molar-refractivity contribution in [1.82, 2.24) is 9.97 Å². The number of aromatic nitrogens is 2. The highest BCUT2D eigenvalue weighted by Crippen LogP contribution is 2.36. The molecule has 0 aliphatic carbocycles. The van der Waals surface area contributed by atoms with Crippen LogP contribution >= 0.6 is 23.2 Å². The monoisotopic (exact) mass is 309 g/mol. The molecule has 0 atom stereocenters. The summed E-state index contributed by atoms with van der Waals surface area (Å²) in [6, 6.07) is 5.40. The number of benzene rings is 1. The number of H-pyrrole nitrogens is 1. The van der Waals surface area contributed by atoms with Crippen LogP contribution in [-0.2, 0) is 6.42 Å². The first kappa shape index (κ1) is 13.5. The van der Waals surface area contributed by atoms with Gasteiger partial charge in [-0.1, -0.05) is 35.3 Å². The number of rotatable bonds is 1. The van der Waals surface area contributed by atoms with Crippen LogP contribution in [0.4, 0.5) is 5.82 Å². The van der Waals surface area contributed by atoms with Crippen molar-refractivity contribution >= 4 is 29.0 Å². The second-order valence-electron chi connectivity index (χ2n) is 4.73. The van der Waals surface area contributed by atoms with Crippen LogP contribution < -0.4 is 11.0 Å². The smallest absolute Gasteiger partial charge is 0.347 e. The molecular formula is C14H13Cl2N3O. The van der Waals surface area contributed by atoms with E-state index in [0.29, 0.717) is 21.6 Å². The maximum absolute atomic E-state index is 11.8. The van der Waals surface area contributed by atoms with E-state index in [4.69, 9.17) is 23.2 Å². The fourth-order valence-corrected chi connectivity index (χ4v) is 2.84. The number of anilines is 1. The summed E-state index contributed by atoms with van der Waals surface area (Å²) >= 11 is 12.3. The maximum atomic E-state index is 11.8. The van der Waals surface area contributed by atoms with Crippen molar-refractivity contribution in [2.24, 2.45) is 0 Å². The van der Waals surface area contributed by atoms with Gasteiger partial charge in [0.25, 0.3) is 0 Å². The van der Waals surface area contributed by atoms with Crippen LogP contribution in [0.2, 0.25) is 10.0 Å². The van der Waals surface area contributed by atoms with Gasteiger partial charge in [-0.15, -0.1) is 0 Å². The molecule has 0 unspecified atom stereocenters. The van der Waals surface area contributed by atoms with E-state index in [1.54, 1.807) is 6.07 Å². The van der Waals surface area contributed by atoms with E-state index in [9.17, 15) is 4.79 Å². The van der Waals surface area contributed by atoms with Gasteiger partial charge in [-0.05, 0) is 25.3 Å². The normalized spacial score (nSPS) is 14.3. The molecule has 1 aromatic carbocycles. The zero-order chi connectivity index (χ0) is 14.1. The Morgan fingerprint density at radius 2 is 2.05 bits per heavy atom. The molecule has 2 heterocycles. The highest BCUT2D eigenvalue weighted by molar-refractivity contribution is 6.43. The summed E-state index contributed by atoms with van der Waals surface area (Å²) in [6.45, 7) is 0.826. The molecule has 1 aliphatic heterocycles. The van der Waals surface area contributed by atoms with E-state index >= 15 is 0 Å². The average Bonchev–Trinajstić information content (AvgIpc) is 2.66. The van der Waals surface area contributed by atoms with Gasteiger partial charge in [0.05, 0.1) is 15.7 Å². The average molecular weight is 310 g/mol. The standard InChI is InChI=1S/C14H13Cl2N3O/c15-10-6-3-5-8(11(10)16)12-9-4-1-2-7-17-13(9)19-14(20)18-12/h3,5-6H,1-2,4,7H2,(H2,17,18,19,20). The molecule has 0 saturated carbocycles. The number of nitrogens with zero attached hydrogens (tertiary/aromatic N) is 1. The lowest BCUT2D eigenvalue weighted by Gasteiger charge is -2.13. The van der Waals surface area contributed by atoms with Crippen molar-refractivity contribution in [1.29, 1.82) is 0 Å². The Labute approximate surface area is 126 Å². The van der Waals surface area contributed by atoms with Crippen molar-refractivity contribution in [3.8, 4) is 11.3 Å². The van der Waals surface area contributed by atoms with Crippen molar-refractivity contribution in [3.05, 3.63) is 44.3 Å². The summed E-state index contributed by atoms with van der Waals surface area (Å²) in [5.41, 5.74) is 2.05. The van der Waals surface area contributed by atoms with E-state index in [1.807, 2.05) is 12.1 Å². The predicted octanol–water partition coefficient (Wildman–Crippen LogP) is 3.49. The fraction of sp³-hybridized carbons (Fsp3) is 0.286. The third-order valence-corrected chi connectivity index (χ3v) is 4.22. The molecule has 0 amide bonds. The van der Waals surface area contributed by atoms with E-state index < -0.39 is 0 Å². The van der Waals surface area contributed by atoms with E-state index in [-0.39, 0.29) is 5.69 Å². The molecule has 4 nitrogen and oxygen atoms in total. The molecule has 0 radical (unpaired) electrons. The zero-order valence-corrected chi connectivity index (χ0v) is 12.2. The van der Waals surface area contributed by atoms with Gasteiger partial charge in [0, 0.05) is 17.7 Å². The third kappa shape index (κ3) is 2.41. The highest BCUT2D eigenvalue weighted by atomic mass is 35.5. The lowest BCUT2D eigenvalue weighted by Crippen LogP contribution is -2.17. The van der Waals surface area contributed by atoms with Crippen LogP contribution in [0.15, 0.2) is 23.0 Å². The molecule has 2 N–H and O–H groups in total. The Morgan fingerprint density at radius 1 is 1.20 bits per heavy atom. The first-order valence-corrected chi connectivity index (χ1v) is 7.24. The Morgan fingerprint density at radius 3 is 2.90 bits per heavy atom. The number of halogens is 2. The highest BCUT2D eigenvalue weighted by Gasteiger charge is 2.18.